The summed E-state index contributed by atoms with van der Waals surface area (Å²) in [5.41, 5.74) is 0.170. The van der Waals surface area contributed by atoms with Crippen LogP contribution in [0, 0.1) is 0 Å². The van der Waals surface area contributed by atoms with Crippen LogP contribution in [0.25, 0.3) is 0 Å². The van der Waals surface area contributed by atoms with E-state index in [1.165, 1.54) is 23.5 Å². The van der Waals surface area contributed by atoms with Gasteiger partial charge in [-0.3, -0.25) is 4.79 Å². The number of nitrogens with one attached hydrogen (secondary N) is 1. The Hall–Kier alpha value is -2.80. The fraction of sp³-hybridized carbons (Fsp3) is 0.150. The van der Waals surface area contributed by atoms with Crippen molar-refractivity contribution in [1.29, 1.82) is 0 Å². The van der Waals surface area contributed by atoms with Crippen LogP contribution in [0.5, 0.6) is 5.75 Å². The van der Waals surface area contributed by atoms with Crippen LogP contribution < -0.4 is 10.1 Å². The van der Waals surface area contributed by atoms with Crippen molar-refractivity contribution in [1.82, 2.24) is 5.32 Å². The Bertz CT molecular complexity index is 863. The summed E-state index contributed by atoms with van der Waals surface area (Å²) in [6.45, 7) is -0.292. The molecular formula is C20H16F3NO2S. The third kappa shape index (κ3) is 5.10. The molecule has 0 aliphatic carbocycles. The number of benzene rings is 2. The quantitative estimate of drug-likeness (QED) is 0.639. The molecule has 0 spiro atoms. The second kappa shape index (κ2) is 8.26. The predicted octanol–water partition coefficient (Wildman–Crippen LogP) is 5.05. The van der Waals surface area contributed by atoms with Gasteiger partial charge in [-0.25, -0.2) is 0 Å². The van der Waals surface area contributed by atoms with E-state index in [4.69, 9.17) is 4.74 Å². The van der Waals surface area contributed by atoms with Crippen LogP contribution in [-0.4, -0.2) is 12.5 Å². The summed E-state index contributed by atoms with van der Waals surface area (Å²) in [5, 5.41) is 4.83. The summed E-state index contributed by atoms with van der Waals surface area (Å²) >= 11 is 1.52. The average Bonchev–Trinajstić information content (AvgIpc) is 3.19. The maximum absolute atomic E-state index is 12.6. The molecule has 0 aliphatic rings. The molecule has 0 bridgehead atoms. The van der Waals surface area contributed by atoms with Crippen LogP contribution in [0.1, 0.15) is 22.0 Å². The number of carbonyl (C=O) groups excluding carboxylic acids is 1. The summed E-state index contributed by atoms with van der Waals surface area (Å²) in [7, 11) is 0. The molecule has 1 amide bonds. The van der Waals surface area contributed by atoms with Crippen LogP contribution in [0.15, 0.2) is 72.1 Å². The van der Waals surface area contributed by atoms with Crippen LogP contribution in [0.2, 0.25) is 0 Å². The van der Waals surface area contributed by atoms with E-state index in [2.05, 4.69) is 5.32 Å². The first-order valence-electron chi connectivity index (χ1n) is 8.11. The van der Waals surface area contributed by atoms with Gasteiger partial charge in [0, 0.05) is 4.88 Å². The molecule has 3 rings (SSSR count). The first-order chi connectivity index (χ1) is 12.9. The molecule has 1 heterocycles. The number of amides is 1. The smallest absolute Gasteiger partial charge is 0.416 e. The van der Waals surface area contributed by atoms with E-state index in [1.54, 1.807) is 0 Å². The highest BCUT2D eigenvalue weighted by atomic mass is 32.1. The highest BCUT2D eigenvalue weighted by Crippen LogP contribution is 2.30. The monoisotopic (exact) mass is 391 g/mol. The number of ether oxygens (including phenoxy) is 1. The van der Waals surface area contributed by atoms with Gasteiger partial charge >= 0.3 is 6.18 Å². The highest BCUT2D eigenvalue weighted by Gasteiger charge is 2.30. The number of carbonyl (C=O) groups is 1. The zero-order valence-electron chi connectivity index (χ0n) is 14.1. The van der Waals surface area contributed by atoms with Gasteiger partial charge in [0.2, 0.25) is 0 Å². The molecule has 2 aromatic carbocycles. The van der Waals surface area contributed by atoms with Gasteiger partial charge in [-0.15, -0.1) is 11.3 Å². The summed E-state index contributed by atoms with van der Waals surface area (Å²) in [6, 6.07) is 17.3. The van der Waals surface area contributed by atoms with Crippen molar-refractivity contribution in [3.05, 3.63) is 88.1 Å². The third-order valence-corrected chi connectivity index (χ3v) is 4.75. The summed E-state index contributed by atoms with van der Waals surface area (Å²) < 4.78 is 43.0. The largest absolute Gasteiger partial charge is 0.484 e. The molecule has 1 atom stereocenters. The number of hydrogen-bond acceptors (Lipinski definition) is 3. The van der Waals surface area contributed by atoms with Crippen molar-refractivity contribution in [2.24, 2.45) is 0 Å². The van der Waals surface area contributed by atoms with Crippen molar-refractivity contribution in [3.8, 4) is 5.75 Å². The van der Waals surface area contributed by atoms with Gasteiger partial charge in [0.05, 0.1) is 11.6 Å². The molecule has 0 radical (unpaired) electrons. The molecule has 1 aromatic heterocycles. The maximum Gasteiger partial charge on any atom is 0.416 e. The van der Waals surface area contributed by atoms with Crippen LogP contribution >= 0.6 is 11.3 Å². The first kappa shape index (κ1) is 19.0. The normalized spacial score (nSPS) is 12.4. The van der Waals surface area contributed by atoms with E-state index < -0.39 is 11.7 Å². The minimum atomic E-state index is -4.40. The van der Waals surface area contributed by atoms with Gasteiger partial charge < -0.3 is 10.1 Å². The maximum atomic E-state index is 12.6. The lowest BCUT2D eigenvalue weighted by Gasteiger charge is -2.18. The summed E-state index contributed by atoms with van der Waals surface area (Å²) in [5.74, 6) is -0.164. The predicted molar refractivity (Wildman–Crippen MR) is 97.7 cm³/mol. The van der Waals surface area contributed by atoms with Gasteiger partial charge in [0.25, 0.3) is 5.91 Å². The first-order valence-corrected chi connectivity index (χ1v) is 8.99. The second-order valence-electron chi connectivity index (χ2n) is 5.74. The Morgan fingerprint density at radius 3 is 2.30 bits per heavy atom. The Balaban J connectivity index is 1.63. The lowest BCUT2D eigenvalue weighted by atomic mass is 10.1. The van der Waals surface area contributed by atoms with E-state index in [-0.39, 0.29) is 24.3 Å². The fourth-order valence-corrected chi connectivity index (χ4v) is 3.31. The van der Waals surface area contributed by atoms with E-state index in [1.807, 2.05) is 47.8 Å². The third-order valence-electron chi connectivity index (χ3n) is 3.82. The van der Waals surface area contributed by atoms with Gasteiger partial charge in [-0.1, -0.05) is 36.4 Å². The average molecular weight is 391 g/mol. The second-order valence-corrected chi connectivity index (χ2v) is 6.72. The number of hydrogen-bond donors (Lipinski definition) is 1. The minimum Gasteiger partial charge on any atom is -0.484 e. The van der Waals surface area contributed by atoms with Crippen molar-refractivity contribution < 1.29 is 22.7 Å². The van der Waals surface area contributed by atoms with Crippen LogP contribution in [0.4, 0.5) is 13.2 Å². The van der Waals surface area contributed by atoms with E-state index in [0.29, 0.717) is 0 Å². The van der Waals surface area contributed by atoms with Crippen LogP contribution in [-0.2, 0) is 11.0 Å². The lowest BCUT2D eigenvalue weighted by molar-refractivity contribution is -0.137. The summed E-state index contributed by atoms with van der Waals surface area (Å²) in [4.78, 5) is 13.3. The van der Waals surface area contributed by atoms with Gasteiger partial charge in [0.1, 0.15) is 5.75 Å². The SMILES string of the molecule is O=C(COc1ccc(C(F)(F)F)cc1)N[C@H](c1ccccc1)c1cccs1. The summed E-state index contributed by atoms with van der Waals surface area (Å²) in [6.07, 6.45) is -4.40. The van der Waals surface area contributed by atoms with E-state index in [9.17, 15) is 18.0 Å². The molecule has 3 nitrogen and oxygen atoms in total. The number of halogens is 3. The molecule has 0 aliphatic heterocycles. The standard InChI is InChI=1S/C20H16F3NO2S/c21-20(22,23)15-8-10-16(11-9-15)26-13-18(25)24-19(17-7-4-12-27-17)14-5-2-1-3-6-14/h1-12,19H,13H2,(H,24,25)/t19-/m1/s1. The molecular weight excluding hydrogens is 375 g/mol. The highest BCUT2D eigenvalue weighted by molar-refractivity contribution is 7.10. The van der Waals surface area contributed by atoms with E-state index >= 15 is 0 Å². The zero-order chi connectivity index (χ0) is 19.3. The number of thiophene rings is 1. The fourth-order valence-electron chi connectivity index (χ4n) is 2.51. The van der Waals surface area contributed by atoms with Gasteiger partial charge in [0.15, 0.2) is 6.61 Å². The number of alkyl halides is 3. The molecule has 0 saturated heterocycles. The minimum absolute atomic E-state index is 0.200. The topological polar surface area (TPSA) is 38.3 Å². The van der Waals surface area contributed by atoms with Gasteiger partial charge in [-0.05, 0) is 41.3 Å². The van der Waals surface area contributed by atoms with E-state index in [0.717, 1.165) is 22.6 Å². The molecule has 3 aromatic rings. The molecule has 0 saturated carbocycles. The Kier molecular flexibility index (Phi) is 5.81. The molecule has 1 N–H and O–H groups in total. The van der Waals surface area contributed by atoms with Crippen molar-refractivity contribution in [2.75, 3.05) is 6.61 Å². The Morgan fingerprint density at radius 2 is 1.70 bits per heavy atom. The zero-order valence-corrected chi connectivity index (χ0v) is 14.9. The van der Waals surface area contributed by atoms with Crippen molar-refractivity contribution in [2.45, 2.75) is 12.2 Å². The molecule has 27 heavy (non-hydrogen) atoms. The molecule has 0 unspecified atom stereocenters. The molecule has 7 heteroatoms. The van der Waals surface area contributed by atoms with Crippen molar-refractivity contribution in [3.63, 3.8) is 0 Å². The molecule has 140 valence electrons. The molecule has 0 fully saturated rings. The number of rotatable bonds is 6. The Labute approximate surface area is 158 Å². The Morgan fingerprint density at radius 1 is 1.00 bits per heavy atom. The van der Waals surface area contributed by atoms with Crippen LogP contribution in [0.3, 0.4) is 0 Å². The lowest BCUT2D eigenvalue weighted by Crippen LogP contribution is -2.32. The van der Waals surface area contributed by atoms with Crippen molar-refractivity contribution >= 4 is 17.2 Å². The van der Waals surface area contributed by atoms with Gasteiger partial charge in [-0.2, -0.15) is 13.2 Å².